The molecule has 1 aliphatic heterocycles. The normalized spacial score (nSPS) is 22.1. The van der Waals surface area contributed by atoms with Gasteiger partial charge in [0.2, 0.25) is 5.91 Å². The zero-order valence-electron chi connectivity index (χ0n) is 12.3. The summed E-state index contributed by atoms with van der Waals surface area (Å²) in [6.07, 6.45) is 0.895. The van der Waals surface area contributed by atoms with Crippen LogP contribution in [0.2, 0.25) is 0 Å². The Labute approximate surface area is 119 Å². The third-order valence-electron chi connectivity index (χ3n) is 4.04. The van der Waals surface area contributed by atoms with Crippen molar-refractivity contribution >= 4 is 11.6 Å². The minimum atomic E-state index is -0.976. The Morgan fingerprint density at radius 2 is 2.25 bits per heavy atom. The maximum atomic E-state index is 12.0. The van der Waals surface area contributed by atoms with Crippen LogP contribution < -0.4 is 15.4 Å². The Kier molecular flexibility index (Phi) is 4.01. The summed E-state index contributed by atoms with van der Waals surface area (Å²) in [7, 11) is 1.59. The molecule has 0 aromatic heterocycles. The summed E-state index contributed by atoms with van der Waals surface area (Å²) >= 11 is 0. The lowest BCUT2D eigenvalue weighted by Gasteiger charge is -2.25. The smallest absolute Gasteiger partial charge is 0.223 e. The van der Waals surface area contributed by atoms with Crippen molar-refractivity contribution in [3.05, 3.63) is 23.3 Å². The van der Waals surface area contributed by atoms with Gasteiger partial charge in [0.1, 0.15) is 5.75 Å². The van der Waals surface area contributed by atoms with E-state index >= 15 is 0 Å². The number of benzene rings is 1. The molecule has 1 unspecified atom stereocenters. The van der Waals surface area contributed by atoms with Crippen LogP contribution in [0.3, 0.4) is 0 Å². The number of fused-ring (bicyclic) bond motifs is 1. The SMILES string of the molecule is COc1ccc(C)c2c1N(C(C)=O)CCC(O)(CN)C2. The van der Waals surface area contributed by atoms with Crippen LogP contribution in [0.15, 0.2) is 12.1 Å². The van der Waals surface area contributed by atoms with Crippen molar-refractivity contribution in [2.45, 2.75) is 32.3 Å². The van der Waals surface area contributed by atoms with Gasteiger partial charge in [-0.3, -0.25) is 4.79 Å². The third-order valence-corrected chi connectivity index (χ3v) is 4.04. The van der Waals surface area contributed by atoms with Crippen LogP contribution in [0.1, 0.15) is 24.5 Å². The first-order chi connectivity index (χ1) is 9.41. The van der Waals surface area contributed by atoms with E-state index in [0.29, 0.717) is 25.1 Å². The lowest BCUT2D eigenvalue weighted by atomic mass is 9.90. The molecule has 0 saturated carbocycles. The van der Waals surface area contributed by atoms with Crippen molar-refractivity contribution in [3.8, 4) is 5.75 Å². The highest BCUT2D eigenvalue weighted by molar-refractivity contribution is 5.94. The number of ether oxygens (including phenoxy) is 1. The van der Waals surface area contributed by atoms with E-state index in [9.17, 15) is 9.90 Å². The first-order valence-electron chi connectivity index (χ1n) is 6.79. The molecule has 0 aliphatic carbocycles. The van der Waals surface area contributed by atoms with Crippen molar-refractivity contribution in [2.75, 3.05) is 25.1 Å². The summed E-state index contributed by atoms with van der Waals surface area (Å²) in [5.41, 5.74) is 7.48. The van der Waals surface area contributed by atoms with E-state index in [1.165, 1.54) is 6.92 Å². The Bertz CT molecular complexity index is 530. The number of aryl methyl sites for hydroxylation is 1. The zero-order chi connectivity index (χ0) is 14.9. The molecule has 0 bridgehead atoms. The zero-order valence-corrected chi connectivity index (χ0v) is 12.3. The molecular weight excluding hydrogens is 256 g/mol. The third kappa shape index (κ3) is 2.51. The number of carbonyl (C=O) groups excluding carboxylic acids is 1. The number of nitrogens with zero attached hydrogens (tertiary/aromatic N) is 1. The highest BCUT2D eigenvalue weighted by Gasteiger charge is 2.35. The van der Waals surface area contributed by atoms with Crippen LogP contribution in [0, 0.1) is 6.92 Å². The molecular formula is C15H22N2O3. The van der Waals surface area contributed by atoms with Gasteiger partial charge in [0.25, 0.3) is 0 Å². The molecule has 2 rings (SSSR count). The Morgan fingerprint density at radius 1 is 1.55 bits per heavy atom. The fourth-order valence-electron chi connectivity index (χ4n) is 2.74. The van der Waals surface area contributed by atoms with Gasteiger partial charge < -0.3 is 20.5 Å². The highest BCUT2D eigenvalue weighted by atomic mass is 16.5. The van der Waals surface area contributed by atoms with Crippen LogP contribution in [0.5, 0.6) is 5.75 Å². The average Bonchev–Trinajstić information content (AvgIpc) is 2.57. The maximum Gasteiger partial charge on any atom is 0.223 e. The summed E-state index contributed by atoms with van der Waals surface area (Å²) in [4.78, 5) is 13.6. The second-order valence-corrected chi connectivity index (χ2v) is 5.44. The number of anilines is 1. The lowest BCUT2D eigenvalue weighted by Crippen LogP contribution is -2.41. The van der Waals surface area contributed by atoms with E-state index in [4.69, 9.17) is 10.5 Å². The van der Waals surface area contributed by atoms with Gasteiger partial charge in [-0.05, 0) is 30.5 Å². The van der Waals surface area contributed by atoms with Crippen LogP contribution >= 0.6 is 0 Å². The molecule has 1 heterocycles. The quantitative estimate of drug-likeness (QED) is 0.846. The van der Waals surface area contributed by atoms with E-state index in [1.54, 1.807) is 12.0 Å². The van der Waals surface area contributed by atoms with Gasteiger partial charge in [0.15, 0.2) is 0 Å². The van der Waals surface area contributed by atoms with Gasteiger partial charge >= 0.3 is 0 Å². The minimum Gasteiger partial charge on any atom is -0.495 e. The van der Waals surface area contributed by atoms with Crippen molar-refractivity contribution < 1.29 is 14.6 Å². The number of amides is 1. The number of methoxy groups -OCH3 is 1. The van der Waals surface area contributed by atoms with E-state index in [1.807, 2.05) is 19.1 Å². The molecule has 3 N–H and O–H groups in total. The van der Waals surface area contributed by atoms with Crippen LogP contribution in [0.4, 0.5) is 5.69 Å². The molecule has 1 atom stereocenters. The van der Waals surface area contributed by atoms with Gasteiger partial charge in [-0.2, -0.15) is 0 Å². The van der Waals surface area contributed by atoms with Crippen LogP contribution in [-0.2, 0) is 11.2 Å². The predicted octanol–water partition coefficient (Wildman–Crippen LogP) is 0.993. The summed E-state index contributed by atoms with van der Waals surface area (Å²) < 4.78 is 5.40. The minimum absolute atomic E-state index is 0.0589. The molecule has 20 heavy (non-hydrogen) atoms. The Hall–Kier alpha value is -1.59. The second kappa shape index (κ2) is 5.42. The maximum absolute atomic E-state index is 12.0. The molecule has 0 fully saturated rings. The monoisotopic (exact) mass is 278 g/mol. The molecule has 1 aromatic carbocycles. The van der Waals surface area contributed by atoms with Crippen LogP contribution in [0.25, 0.3) is 0 Å². The molecule has 5 heteroatoms. The molecule has 1 aliphatic rings. The van der Waals surface area contributed by atoms with Crippen LogP contribution in [-0.4, -0.2) is 36.8 Å². The molecule has 0 saturated heterocycles. The summed E-state index contributed by atoms with van der Waals surface area (Å²) in [6, 6.07) is 3.80. The summed E-state index contributed by atoms with van der Waals surface area (Å²) in [5, 5.41) is 10.6. The number of nitrogens with two attached hydrogens (primary N) is 1. The molecule has 110 valence electrons. The van der Waals surface area contributed by atoms with E-state index in [-0.39, 0.29) is 12.5 Å². The molecule has 0 radical (unpaired) electrons. The molecule has 1 aromatic rings. The number of carbonyl (C=O) groups is 1. The lowest BCUT2D eigenvalue weighted by molar-refractivity contribution is -0.116. The van der Waals surface area contributed by atoms with Crippen molar-refractivity contribution in [3.63, 3.8) is 0 Å². The fraction of sp³-hybridized carbons (Fsp3) is 0.533. The number of hydrogen-bond acceptors (Lipinski definition) is 4. The van der Waals surface area contributed by atoms with Gasteiger partial charge in [-0.25, -0.2) is 0 Å². The van der Waals surface area contributed by atoms with Gasteiger partial charge in [0, 0.05) is 26.4 Å². The van der Waals surface area contributed by atoms with Gasteiger partial charge in [-0.15, -0.1) is 0 Å². The Morgan fingerprint density at radius 3 is 2.80 bits per heavy atom. The van der Waals surface area contributed by atoms with E-state index in [2.05, 4.69) is 0 Å². The Balaban J connectivity index is 2.64. The van der Waals surface area contributed by atoms with Crippen molar-refractivity contribution in [1.29, 1.82) is 0 Å². The first-order valence-corrected chi connectivity index (χ1v) is 6.79. The van der Waals surface area contributed by atoms with Crippen molar-refractivity contribution in [2.24, 2.45) is 5.73 Å². The molecule has 5 nitrogen and oxygen atoms in total. The standard InChI is InChI=1S/C15H22N2O3/c1-10-4-5-13(20-3)14-12(10)8-15(19,9-16)6-7-17(14)11(2)18/h4-5,19H,6-9,16H2,1-3H3. The number of rotatable bonds is 2. The largest absolute Gasteiger partial charge is 0.495 e. The fourth-order valence-corrected chi connectivity index (χ4v) is 2.74. The molecule has 0 spiro atoms. The van der Waals surface area contributed by atoms with E-state index in [0.717, 1.165) is 16.8 Å². The number of aliphatic hydroxyl groups is 1. The van der Waals surface area contributed by atoms with Crippen molar-refractivity contribution in [1.82, 2.24) is 0 Å². The van der Waals surface area contributed by atoms with Gasteiger partial charge in [0.05, 0.1) is 18.4 Å². The average molecular weight is 278 g/mol. The summed E-state index contributed by atoms with van der Waals surface area (Å²) in [6.45, 7) is 4.11. The highest BCUT2D eigenvalue weighted by Crippen LogP contribution is 2.39. The topological polar surface area (TPSA) is 75.8 Å². The molecule has 1 amide bonds. The summed E-state index contributed by atoms with van der Waals surface area (Å²) in [5.74, 6) is 0.596. The van der Waals surface area contributed by atoms with Gasteiger partial charge in [-0.1, -0.05) is 6.07 Å². The predicted molar refractivity (Wildman–Crippen MR) is 78.1 cm³/mol. The first kappa shape index (κ1) is 14.8. The number of hydrogen-bond donors (Lipinski definition) is 2. The second-order valence-electron chi connectivity index (χ2n) is 5.44. The van der Waals surface area contributed by atoms with E-state index < -0.39 is 5.60 Å².